The topological polar surface area (TPSA) is 247 Å². The molecule has 0 bridgehead atoms. The summed E-state index contributed by atoms with van der Waals surface area (Å²) < 4.78 is 0. The lowest BCUT2D eigenvalue weighted by atomic mass is 10.0. The molecule has 0 aromatic rings. The monoisotopic (exact) mass is 1510 g/mol. The maximum atomic E-state index is 10.3. The normalized spacial score (nSPS) is 11.1. The molecule has 0 aliphatic heterocycles. The van der Waals surface area contributed by atoms with E-state index in [9.17, 15) is 24.0 Å². The lowest BCUT2D eigenvalue weighted by Crippen LogP contribution is -2.15. The van der Waals surface area contributed by atoms with Gasteiger partial charge in [0, 0.05) is 32.1 Å². The van der Waals surface area contributed by atoms with Crippen molar-refractivity contribution >= 4 is 29.8 Å². The van der Waals surface area contributed by atoms with Crippen molar-refractivity contribution in [3.63, 3.8) is 0 Å². The van der Waals surface area contributed by atoms with Gasteiger partial charge in [0.05, 0.1) is 13.2 Å². The van der Waals surface area contributed by atoms with Gasteiger partial charge >= 0.3 is 29.8 Å². The number of rotatable bonds is 77. The molecule has 0 aromatic carbocycles. The van der Waals surface area contributed by atoms with Crippen molar-refractivity contribution in [2.24, 2.45) is 29.6 Å². The zero-order chi connectivity index (χ0) is 80.3. The van der Waals surface area contributed by atoms with E-state index in [4.69, 9.17) is 40.9 Å². The van der Waals surface area contributed by atoms with E-state index in [0.717, 1.165) is 93.8 Å². The third-order valence-corrected chi connectivity index (χ3v) is 20.0. The molecule has 0 unspecified atom stereocenters. The molecule has 0 rings (SSSR count). The lowest BCUT2D eigenvalue weighted by molar-refractivity contribution is -0.138. The van der Waals surface area contributed by atoms with E-state index < -0.39 is 36.0 Å². The smallest absolute Gasteiger partial charge is 0.303 e. The van der Waals surface area contributed by atoms with Crippen molar-refractivity contribution < 1.29 is 64.8 Å². The fourth-order valence-corrected chi connectivity index (χ4v) is 13.0. The van der Waals surface area contributed by atoms with E-state index in [-0.39, 0.29) is 13.2 Å². The van der Waals surface area contributed by atoms with Gasteiger partial charge in [0.25, 0.3) is 0 Å². The van der Waals surface area contributed by atoms with Crippen LogP contribution in [0.25, 0.3) is 0 Å². The van der Waals surface area contributed by atoms with Crippen LogP contribution in [0.2, 0.25) is 0 Å². The summed E-state index contributed by atoms with van der Waals surface area (Å²) in [4.78, 5) is 51.7. The summed E-state index contributed by atoms with van der Waals surface area (Å²) in [5.74, 6) is 1.06. The third kappa shape index (κ3) is 137. The molecule has 0 atom stereocenters. The number of aliphatic hydroxyl groups is 3. The first-order chi connectivity index (χ1) is 50.9. The minimum Gasteiger partial charge on any atom is -0.481 e. The summed E-state index contributed by atoms with van der Waals surface area (Å²) in [5, 5.41) is 66.6. The Hall–Kier alpha value is -2.77. The van der Waals surface area contributed by atoms with Crippen LogP contribution in [0.15, 0.2) is 0 Å². The molecular weight excluding hydrogens is 1330 g/mol. The van der Waals surface area contributed by atoms with Crippen LogP contribution in [0.5, 0.6) is 0 Å². The number of carboxylic acid groups (broad SMARTS) is 5. The van der Waals surface area contributed by atoms with Gasteiger partial charge in [0.15, 0.2) is 0 Å². The summed E-state index contributed by atoms with van der Waals surface area (Å²) >= 11 is 0. The molecule has 0 saturated carbocycles. The Bertz CT molecular complexity index is 1410. The molecule has 0 heterocycles. The Morgan fingerprint density at radius 1 is 0.170 bits per heavy atom. The first-order valence-corrected chi connectivity index (χ1v) is 45.9. The third-order valence-electron chi connectivity index (χ3n) is 20.0. The summed E-state index contributed by atoms with van der Waals surface area (Å²) in [7, 11) is 0. The highest BCUT2D eigenvalue weighted by molar-refractivity contribution is 5.67. The molecular formula is C93H188O13. The Kier molecular flexibility index (Phi) is 108. The number of aliphatic carboxylic acids is 5. The van der Waals surface area contributed by atoms with Crippen LogP contribution >= 0.6 is 0 Å². The Morgan fingerprint density at radius 2 is 0.255 bits per heavy atom. The average Bonchev–Trinajstić information content (AvgIpc) is 3.67. The number of hydrogen-bond acceptors (Lipinski definition) is 8. The molecule has 0 amide bonds. The van der Waals surface area contributed by atoms with Crippen molar-refractivity contribution in [2.75, 3.05) is 13.2 Å². The van der Waals surface area contributed by atoms with Gasteiger partial charge in [0.1, 0.15) is 6.10 Å². The van der Waals surface area contributed by atoms with E-state index in [1.807, 2.05) is 0 Å². The first-order valence-electron chi connectivity index (χ1n) is 45.9. The van der Waals surface area contributed by atoms with Crippen LogP contribution in [0.4, 0.5) is 0 Å². The van der Waals surface area contributed by atoms with E-state index in [1.54, 1.807) is 0 Å². The maximum Gasteiger partial charge on any atom is 0.303 e. The Labute approximate surface area is 659 Å². The number of hydrogen-bond donors (Lipinski definition) is 8. The van der Waals surface area contributed by atoms with Crippen LogP contribution in [0.1, 0.15) is 519 Å². The fourth-order valence-electron chi connectivity index (χ4n) is 13.0. The van der Waals surface area contributed by atoms with Crippen molar-refractivity contribution in [3.05, 3.63) is 0 Å². The predicted molar refractivity (Wildman–Crippen MR) is 456 cm³/mol. The Balaban J connectivity index is -0.000000289. The van der Waals surface area contributed by atoms with Crippen molar-refractivity contribution in [2.45, 2.75) is 525 Å². The molecule has 0 fully saturated rings. The second-order valence-electron chi connectivity index (χ2n) is 33.9. The van der Waals surface area contributed by atoms with Crippen LogP contribution < -0.4 is 0 Å². The van der Waals surface area contributed by atoms with Crippen molar-refractivity contribution in [1.82, 2.24) is 0 Å². The second kappa shape index (κ2) is 100. The SMILES string of the molecule is CC(C)CCCCCCCCCCCCCCC(=O)O.CC(C)CCCCCCCCCCCCCCC(=O)O.CC(C)CCCCCCCCCCCCCCC(=O)O.CC(C)CCCCCCCCCCCCCCC(=O)O.CC(C)CCCCCCCCCCCCCCC(=O)O.OCC(O)CO. The largest absolute Gasteiger partial charge is 0.481 e. The summed E-state index contributed by atoms with van der Waals surface area (Å²) in [6, 6.07) is 0. The molecule has 0 radical (unpaired) electrons. The first kappa shape index (κ1) is 114. The molecule has 0 spiro atoms. The molecule has 13 nitrogen and oxygen atoms in total. The van der Waals surface area contributed by atoms with Gasteiger partial charge in [-0.2, -0.15) is 0 Å². The van der Waals surface area contributed by atoms with E-state index >= 15 is 0 Å². The average molecular weight is 1510 g/mol. The summed E-state index contributed by atoms with van der Waals surface area (Å²) in [6.07, 6.45) is 85.7. The van der Waals surface area contributed by atoms with Crippen molar-refractivity contribution in [1.29, 1.82) is 0 Å². The van der Waals surface area contributed by atoms with Crippen LogP contribution in [0, 0.1) is 29.6 Å². The highest BCUT2D eigenvalue weighted by atomic mass is 16.4. The van der Waals surface area contributed by atoms with Gasteiger partial charge < -0.3 is 40.9 Å². The Morgan fingerprint density at radius 3 is 0.321 bits per heavy atom. The van der Waals surface area contributed by atoms with E-state index in [1.165, 1.54) is 353 Å². The standard InChI is InChI=1S/5C18H36O2.C3H8O3/c5*1-17(2)15-13-11-9-7-5-3-4-6-8-10-12-14-16-18(19)20;4-1-3(6)2-5/h5*17H,3-16H2,1-2H3,(H,19,20);3-6H,1-2H2. The zero-order valence-corrected chi connectivity index (χ0v) is 72.5. The molecule has 13 heteroatoms. The van der Waals surface area contributed by atoms with Crippen LogP contribution in [-0.2, 0) is 24.0 Å². The molecule has 638 valence electrons. The molecule has 0 aliphatic carbocycles. The highest BCUT2D eigenvalue weighted by Crippen LogP contribution is 2.21. The predicted octanol–water partition coefficient (Wildman–Crippen LogP) is 29.3. The van der Waals surface area contributed by atoms with Gasteiger partial charge in [-0.05, 0) is 61.7 Å². The lowest BCUT2D eigenvalue weighted by Gasteiger charge is -2.04. The molecule has 0 saturated heterocycles. The molecule has 8 N–H and O–H groups in total. The van der Waals surface area contributed by atoms with Crippen molar-refractivity contribution in [3.8, 4) is 0 Å². The second-order valence-corrected chi connectivity index (χ2v) is 33.9. The summed E-state index contributed by atoms with van der Waals surface area (Å²) in [6.45, 7) is 22.3. The quantitative estimate of drug-likeness (QED) is 0.0264. The maximum absolute atomic E-state index is 10.3. The molecule has 106 heavy (non-hydrogen) atoms. The fraction of sp³-hybridized carbons (Fsp3) is 0.946. The minimum absolute atomic E-state index is 0.344. The van der Waals surface area contributed by atoms with Gasteiger partial charge in [-0.3, -0.25) is 24.0 Å². The molecule has 0 aromatic heterocycles. The highest BCUT2D eigenvalue weighted by Gasteiger charge is 2.05. The van der Waals surface area contributed by atoms with Gasteiger partial charge in [-0.15, -0.1) is 0 Å². The van der Waals surface area contributed by atoms with Gasteiger partial charge in [-0.1, -0.05) is 454 Å². The van der Waals surface area contributed by atoms with Gasteiger partial charge in [-0.25, -0.2) is 0 Å². The van der Waals surface area contributed by atoms with Gasteiger partial charge in [0.2, 0.25) is 0 Å². The van der Waals surface area contributed by atoms with Crippen LogP contribution in [-0.4, -0.2) is 90.0 Å². The van der Waals surface area contributed by atoms with E-state index in [0.29, 0.717) is 32.1 Å². The molecule has 0 aliphatic rings. The van der Waals surface area contributed by atoms with Crippen LogP contribution in [0.3, 0.4) is 0 Å². The number of carbonyl (C=O) groups is 5. The summed E-state index contributed by atoms with van der Waals surface area (Å²) in [5.41, 5.74) is 0. The number of aliphatic hydroxyl groups excluding tert-OH is 3. The zero-order valence-electron chi connectivity index (χ0n) is 72.5. The minimum atomic E-state index is -0.954. The van der Waals surface area contributed by atoms with E-state index in [2.05, 4.69) is 69.2 Å². The number of carboxylic acids is 5. The number of unbranched alkanes of at least 4 members (excludes halogenated alkanes) is 55.